The van der Waals surface area contributed by atoms with E-state index in [1.807, 2.05) is 0 Å². The zero-order chi connectivity index (χ0) is 17.2. The average Bonchev–Trinajstić information content (AvgIpc) is 3.05. The summed E-state index contributed by atoms with van der Waals surface area (Å²) < 4.78 is 7.09. The standard InChI is InChI=1S/C13H17N7O4/c1-19-10-6-4(9(14)18-19)2-20(11(6)17-13(15)16-10)12-8(23)7(22)5(3-21)24-12/h2,5,7-8,12,21-23H,3H2,1H3,(H2,14,18)(H2,15,16,17)/t5-,7-,8-,12-/m1/s1. The number of hydrogen-bond acceptors (Lipinski definition) is 10. The molecule has 4 atom stereocenters. The smallest absolute Gasteiger partial charge is 0.224 e. The minimum absolute atomic E-state index is 0.0256. The molecule has 1 saturated heterocycles. The topological polar surface area (TPSA) is 168 Å². The molecule has 0 amide bonds. The molecule has 1 fully saturated rings. The van der Waals surface area contributed by atoms with E-state index < -0.39 is 31.1 Å². The van der Waals surface area contributed by atoms with Gasteiger partial charge in [0, 0.05) is 18.8 Å². The second kappa shape index (κ2) is 5.01. The van der Waals surface area contributed by atoms with Gasteiger partial charge < -0.3 is 36.1 Å². The van der Waals surface area contributed by atoms with Crippen molar-refractivity contribution in [3.05, 3.63) is 11.8 Å². The van der Waals surface area contributed by atoms with Crippen molar-refractivity contribution in [1.82, 2.24) is 14.5 Å². The Bertz CT molecular complexity index is 850. The van der Waals surface area contributed by atoms with E-state index in [-0.39, 0.29) is 11.8 Å². The maximum absolute atomic E-state index is 10.3. The van der Waals surface area contributed by atoms with Gasteiger partial charge in [0.05, 0.1) is 12.0 Å². The molecule has 7 N–H and O–H groups in total. The third-order valence-electron chi connectivity index (χ3n) is 4.30. The lowest BCUT2D eigenvalue weighted by Gasteiger charge is -2.19. The van der Waals surface area contributed by atoms with Crippen LogP contribution >= 0.6 is 0 Å². The summed E-state index contributed by atoms with van der Waals surface area (Å²) in [5.41, 5.74) is 12.7. The van der Waals surface area contributed by atoms with Crippen LogP contribution in [0.2, 0.25) is 0 Å². The summed E-state index contributed by atoms with van der Waals surface area (Å²) in [6.07, 6.45) is -2.70. The number of hydrazone groups is 1. The lowest BCUT2D eigenvalue weighted by molar-refractivity contribution is -0.0508. The molecule has 4 heterocycles. The summed E-state index contributed by atoms with van der Waals surface area (Å²) >= 11 is 0. The van der Waals surface area contributed by atoms with Gasteiger partial charge in [0.2, 0.25) is 5.95 Å². The van der Waals surface area contributed by atoms with Crippen LogP contribution in [-0.2, 0) is 4.74 Å². The van der Waals surface area contributed by atoms with Crippen molar-refractivity contribution >= 4 is 28.6 Å². The molecule has 128 valence electrons. The van der Waals surface area contributed by atoms with Gasteiger partial charge in [0.1, 0.15) is 18.3 Å². The maximum Gasteiger partial charge on any atom is 0.224 e. The number of nitrogen functional groups attached to an aromatic ring is 1. The Labute approximate surface area is 135 Å². The molecule has 11 heteroatoms. The fourth-order valence-corrected chi connectivity index (χ4v) is 3.14. The Hall–Kier alpha value is -2.47. The fourth-order valence-electron chi connectivity index (χ4n) is 3.14. The molecule has 2 aromatic rings. The molecule has 0 aromatic carbocycles. The van der Waals surface area contributed by atoms with Gasteiger partial charge in [0.15, 0.2) is 23.5 Å². The van der Waals surface area contributed by atoms with Crippen molar-refractivity contribution in [3.63, 3.8) is 0 Å². The van der Waals surface area contributed by atoms with Gasteiger partial charge in [-0.15, -0.1) is 0 Å². The number of aliphatic hydroxyl groups is 3. The van der Waals surface area contributed by atoms with Gasteiger partial charge in [-0.25, -0.2) is 5.01 Å². The van der Waals surface area contributed by atoms with Gasteiger partial charge in [-0.05, 0) is 0 Å². The molecule has 0 spiro atoms. The molecule has 11 nitrogen and oxygen atoms in total. The van der Waals surface area contributed by atoms with Crippen molar-refractivity contribution in [2.75, 3.05) is 24.4 Å². The number of ether oxygens (including phenoxy) is 1. The number of nitrogens with two attached hydrogens (primary N) is 2. The Balaban J connectivity index is 1.93. The van der Waals surface area contributed by atoms with E-state index in [4.69, 9.17) is 16.2 Å². The first-order valence-electron chi connectivity index (χ1n) is 7.31. The normalized spacial score (nSPS) is 29.3. The van der Waals surface area contributed by atoms with Crippen LogP contribution in [0.25, 0.3) is 11.0 Å². The Kier molecular flexibility index (Phi) is 3.15. The minimum Gasteiger partial charge on any atom is -0.394 e. The molecule has 0 aliphatic carbocycles. The highest BCUT2D eigenvalue weighted by Gasteiger charge is 2.44. The number of amidine groups is 1. The lowest BCUT2D eigenvalue weighted by Crippen LogP contribution is -2.33. The van der Waals surface area contributed by atoms with Crippen molar-refractivity contribution in [1.29, 1.82) is 0 Å². The van der Waals surface area contributed by atoms with Gasteiger partial charge >= 0.3 is 0 Å². The van der Waals surface area contributed by atoms with Crippen LogP contribution in [0.5, 0.6) is 0 Å². The van der Waals surface area contributed by atoms with Crippen molar-refractivity contribution < 1.29 is 20.1 Å². The Morgan fingerprint density at radius 2 is 2.00 bits per heavy atom. The lowest BCUT2D eigenvalue weighted by atomic mass is 10.1. The molecule has 0 unspecified atom stereocenters. The first-order chi connectivity index (χ1) is 11.4. The summed E-state index contributed by atoms with van der Waals surface area (Å²) in [7, 11) is 1.68. The number of rotatable bonds is 2. The average molecular weight is 335 g/mol. The van der Waals surface area contributed by atoms with Crippen LogP contribution < -0.4 is 16.5 Å². The van der Waals surface area contributed by atoms with Crippen molar-refractivity contribution in [3.8, 4) is 0 Å². The van der Waals surface area contributed by atoms with Gasteiger partial charge in [0.25, 0.3) is 0 Å². The molecule has 4 rings (SSSR count). The second-order valence-electron chi connectivity index (χ2n) is 5.79. The summed E-state index contributed by atoms with van der Waals surface area (Å²) in [5.74, 6) is 0.763. The zero-order valence-corrected chi connectivity index (χ0v) is 12.7. The number of aromatic nitrogens is 3. The van der Waals surface area contributed by atoms with Gasteiger partial charge in [-0.2, -0.15) is 15.1 Å². The second-order valence-corrected chi connectivity index (χ2v) is 5.79. The summed E-state index contributed by atoms with van der Waals surface area (Å²) in [4.78, 5) is 8.40. The molecule has 0 bridgehead atoms. The van der Waals surface area contributed by atoms with Crippen LogP contribution in [0, 0.1) is 0 Å². The summed E-state index contributed by atoms with van der Waals surface area (Å²) in [5, 5.41) is 35.8. The maximum atomic E-state index is 10.3. The Morgan fingerprint density at radius 3 is 2.67 bits per heavy atom. The van der Waals surface area contributed by atoms with Crippen LogP contribution in [-0.4, -0.2) is 67.7 Å². The Morgan fingerprint density at radius 1 is 1.25 bits per heavy atom. The predicted molar refractivity (Wildman–Crippen MR) is 84.1 cm³/mol. The molecule has 2 aromatic heterocycles. The molecule has 2 aliphatic rings. The van der Waals surface area contributed by atoms with E-state index in [2.05, 4.69) is 15.1 Å². The minimum atomic E-state index is -1.25. The van der Waals surface area contributed by atoms with Crippen LogP contribution in [0.4, 0.5) is 11.8 Å². The molecule has 0 saturated carbocycles. The molecular formula is C13H17N7O4. The molecule has 24 heavy (non-hydrogen) atoms. The molecule has 2 aliphatic heterocycles. The van der Waals surface area contributed by atoms with Crippen molar-refractivity contribution in [2.45, 2.75) is 24.5 Å². The number of aliphatic hydroxyl groups excluding tert-OH is 3. The summed E-state index contributed by atoms with van der Waals surface area (Å²) in [6, 6.07) is 0. The van der Waals surface area contributed by atoms with E-state index in [1.165, 1.54) is 9.58 Å². The number of anilines is 2. The highest BCUT2D eigenvalue weighted by molar-refractivity contribution is 6.14. The van der Waals surface area contributed by atoms with Crippen LogP contribution in [0.3, 0.4) is 0 Å². The number of hydrogen-bond donors (Lipinski definition) is 5. The monoisotopic (exact) mass is 335 g/mol. The summed E-state index contributed by atoms with van der Waals surface area (Å²) in [6.45, 7) is -0.421. The van der Waals surface area contributed by atoms with Crippen molar-refractivity contribution in [2.24, 2.45) is 10.8 Å². The highest BCUT2D eigenvalue weighted by Crippen LogP contribution is 2.37. The van der Waals surface area contributed by atoms with Gasteiger partial charge in [-0.3, -0.25) is 0 Å². The largest absolute Gasteiger partial charge is 0.394 e. The van der Waals surface area contributed by atoms with Gasteiger partial charge in [-0.1, -0.05) is 0 Å². The quantitative estimate of drug-likeness (QED) is 0.405. The third kappa shape index (κ3) is 1.89. The first kappa shape index (κ1) is 15.1. The van der Waals surface area contributed by atoms with Crippen LogP contribution in [0.15, 0.2) is 11.3 Å². The number of nitrogens with zero attached hydrogens (tertiary/aromatic N) is 5. The predicted octanol–water partition coefficient (Wildman–Crippen LogP) is -2.30. The highest BCUT2D eigenvalue weighted by atomic mass is 16.6. The SMILES string of the molecule is CN1N=C(N)c2cn([C@@H]3O[C@H](CO)[C@@H](O)[C@H]3O)c3nc(N)nc1c23. The zero-order valence-electron chi connectivity index (χ0n) is 12.7. The molecular weight excluding hydrogens is 318 g/mol. The third-order valence-corrected chi connectivity index (χ3v) is 4.30. The molecule has 0 radical (unpaired) electrons. The van der Waals surface area contributed by atoms with E-state index in [0.717, 1.165) is 0 Å². The van der Waals surface area contributed by atoms with E-state index in [1.54, 1.807) is 13.2 Å². The first-order valence-corrected chi connectivity index (χ1v) is 7.31. The van der Waals surface area contributed by atoms with E-state index in [9.17, 15) is 15.3 Å². The van der Waals surface area contributed by atoms with Crippen LogP contribution in [0.1, 0.15) is 11.8 Å². The van der Waals surface area contributed by atoms with E-state index in [0.29, 0.717) is 22.4 Å². The fraction of sp³-hybridized carbons (Fsp3) is 0.462. The van der Waals surface area contributed by atoms with E-state index >= 15 is 0 Å².